The summed E-state index contributed by atoms with van der Waals surface area (Å²) in [5, 5.41) is 16.3. The lowest BCUT2D eigenvalue weighted by Crippen LogP contribution is -2.48. The van der Waals surface area contributed by atoms with Crippen LogP contribution in [0.1, 0.15) is 73.5 Å². The normalized spacial score (nSPS) is 17.4. The molecule has 33 heavy (non-hydrogen) atoms. The quantitative estimate of drug-likeness (QED) is 0.369. The Morgan fingerprint density at radius 2 is 1.91 bits per heavy atom. The summed E-state index contributed by atoms with van der Waals surface area (Å²) in [6.07, 6.45) is 3.90. The Morgan fingerprint density at radius 3 is 2.61 bits per heavy atom. The standard InChI is InChI=1S/C28H33N3O2/c1-6-11-31-25-12-18(2)22(14-23(25)19(3)16-28(31,4)5)17-29-30-27(33)24-13-20-9-7-8-10-21(20)15-26(24)32/h7-10,12-15,17,19,32H,6,11,16H2,1-5H3,(H,30,33)/b29-17-. The molecular formula is C28H33N3O2. The van der Waals surface area contributed by atoms with E-state index in [2.05, 4.69) is 62.2 Å². The van der Waals surface area contributed by atoms with Crippen molar-refractivity contribution in [2.75, 3.05) is 11.4 Å². The van der Waals surface area contributed by atoms with E-state index in [1.54, 1.807) is 18.3 Å². The molecule has 2 N–H and O–H groups in total. The van der Waals surface area contributed by atoms with E-state index in [9.17, 15) is 9.90 Å². The molecule has 3 aromatic carbocycles. The SMILES string of the molecule is CCCN1c2cc(C)c(/C=N\NC(=O)c3cc4ccccc4cc3O)cc2C(C)CC1(C)C. The van der Waals surface area contributed by atoms with Crippen molar-refractivity contribution in [3.8, 4) is 5.75 Å². The first kappa shape index (κ1) is 22.8. The van der Waals surface area contributed by atoms with Gasteiger partial charge in [-0.05, 0) is 91.3 Å². The first-order valence-corrected chi connectivity index (χ1v) is 11.7. The Bertz CT molecular complexity index is 1230. The molecule has 0 saturated heterocycles. The van der Waals surface area contributed by atoms with Crippen molar-refractivity contribution in [2.24, 2.45) is 5.10 Å². The summed E-state index contributed by atoms with van der Waals surface area (Å²) >= 11 is 0. The Balaban J connectivity index is 1.58. The molecule has 1 unspecified atom stereocenters. The zero-order chi connectivity index (χ0) is 23.8. The summed E-state index contributed by atoms with van der Waals surface area (Å²) < 4.78 is 0. The van der Waals surface area contributed by atoms with Gasteiger partial charge in [-0.25, -0.2) is 5.43 Å². The van der Waals surface area contributed by atoms with Gasteiger partial charge in [-0.1, -0.05) is 38.1 Å². The number of carbonyl (C=O) groups excluding carboxylic acids is 1. The number of nitrogens with zero attached hydrogens (tertiary/aromatic N) is 2. The third-order valence-corrected chi connectivity index (χ3v) is 6.70. The van der Waals surface area contributed by atoms with Crippen molar-refractivity contribution >= 4 is 28.6 Å². The van der Waals surface area contributed by atoms with Crippen LogP contribution in [-0.2, 0) is 0 Å². The predicted molar refractivity (Wildman–Crippen MR) is 137 cm³/mol. The molecule has 5 nitrogen and oxygen atoms in total. The van der Waals surface area contributed by atoms with E-state index in [0.29, 0.717) is 5.92 Å². The fraction of sp³-hybridized carbons (Fsp3) is 0.357. The molecule has 0 radical (unpaired) electrons. The summed E-state index contributed by atoms with van der Waals surface area (Å²) in [5.74, 6) is -0.0480. The molecule has 0 spiro atoms. The van der Waals surface area contributed by atoms with Gasteiger partial charge in [0, 0.05) is 17.8 Å². The van der Waals surface area contributed by atoms with Crippen LogP contribution in [0.5, 0.6) is 5.75 Å². The minimum atomic E-state index is -0.436. The van der Waals surface area contributed by atoms with E-state index in [0.717, 1.165) is 41.3 Å². The summed E-state index contributed by atoms with van der Waals surface area (Å²) in [4.78, 5) is 15.2. The van der Waals surface area contributed by atoms with Gasteiger partial charge in [0.15, 0.2) is 0 Å². The number of hydrogen-bond donors (Lipinski definition) is 2. The van der Waals surface area contributed by atoms with Crippen LogP contribution in [0.25, 0.3) is 10.8 Å². The molecule has 1 amide bonds. The van der Waals surface area contributed by atoms with Crippen LogP contribution in [0.3, 0.4) is 0 Å². The summed E-state index contributed by atoms with van der Waals surface area (Å²) in [5.41, 5.74) is 7.64. The molecule has 0 bridgehead atoms. The van der Waals surface area contributed by atoms with Gasteiger partial charge in [0.05, 0.1) is 11.8 Å². The second-order valence-electron chi connectivity index (χ2n) is 9.75. The van der Waals surface area contributed by atoms with Crippen molar-refractivity contribution in [1.82, 2.24) is 5.43 Å². The molecule has 1 heterocycles. The van der Waals surface area contributed by atoms with Crippen LogP contribution in [0.4, 0.5) is 5.69 Å². The maximum atomic E-state index is 12.7. The number of aryl methyl sites for hydroxylation is 1. The number of hydrogen-bond acceptors (Lipinski definition) is 4. The topological polar surface area (TPSA) is 64.9 Å². The van der Waals surface area contributed by atoms with E-state index in [1.807, 2.05) is 24.3 Å². The maximum absolute atomic E-state index is 12.7. The molecule has 0 saturated carbocycles. The smallest absolute Gasteiger partial charge is 0.275 e. The molecule has 3 aromatic rings. The number of hydrazone groups is 1. The highest BCUT2D eigenvalue weighted by molar-refractivity contribution is 6.01. The lowest BCUT2D eigenvalue weighted by atomic mass is 9.79. The Hall–Kier alpha value is -3.34. The number of rotatable bonds is 5. The second-order valence-corrected chi connectivity index (χ2v) is 9.75. The third kappa shape index (κ3) is 4.45. The maximum Gasteiger partial charge on any atom is 0.275 e. The van der Waals surface area contributed by atoms with Crippen LogP contribution in [0, 0.1) is 6.92 Å². The predicted octanol–water partition coefficient (Wildman–Crippen LogP) is 6.12. The van der Waals surface area contributed by atoms with Crippen LogP contribution in [0.2, 0.25) is 0 Å². The highest BCUT2D eigenvalue weighted by Gasteiger charge is 2.36. The lowest BCUT2D eigenvalue weighted by molar-refractivity contribution is 0.0952. The molecule has 0 fully saturated rings. The number of amides is 1. The molecule has 5 heteroatoms. The summed E-state index contributed by atoms with van der Waals surface area (Å²) in [6.45, 7) is 12.3. The fourth-order valence-corrected chi connectivity index (χ4v) is 5.07. The third-order valence-electron chi connectivity index (χ3n) is 6.70. The Kier molecular flexibility index (Phi) is 6.15. The highest BCUT2D eigenvalue weighted by atomic mass is 16.3. The highest BCUT2D eigenvalue weighted by Crippen LogP contribution is 2.44. The zero-order valence-electron chi connectivity index (χ0n) is 20.1. The number of phenolic OH excluding ortho intramolecular Hbond substituents is 1. The Morgan fingerprint density at radius 1 is 1.21 bits per heavy atom. The van der Waals surface area contributed by atoms with E-state index in [-0.39, 0.29) is 16.9 Å². The number of aromatic hydroxyl groups is 1. The Labute approximate surface area is 196 Å². The van der Waals surface area contributed by atoms with Gasteiger partial charge in [-0.15, -0.1) is 0 Å². The monoisotopic (exact) mass is 443 g/mol. The van der Waals surface area contributed by atoms with E-state index in [1.165, 1.54) is 11.3 Å². The number of benzene rings is 3. The molecular weight excluding hydrogens is 410 g/mol. The molecule has 4 rings (SSSR count). The van der Waals surface area contributed by atoms with Gasteiger partial charge in [0.2, 0.25) is 0 Å². The molecule has 1 aliphatic rings. The van der Waals surface area contributed by atoms with E-state index < -0.39 is 5.91 Å². The van der Waals surface area contributed by atoms with Crippen molar-refractivity contribution in [3.63, 3.8) is 0 Å². The van der Waals surface area contributed by atoms with Crippen LogP contribution in [-0.4, -0.2) is 29.3 Å². The fourth-order valence-electron chi connectivity index (χ4n) is 5.07. The van der Waals surface area contributed by atoms with E-state index >= 15 is 0 Å². The van der Waals surface area contributed by atoms with E-state index in [4.69, 9.17) is 0 Å². The van der Waals surface area contributed by atoms with Gasteiger partial charge in [-0.2, -0.15) is 5.10 Å². The molecule has 172 valence electrons. The van der Waals surface area contributed by atoms with Crippen molar-refractivity contribution in [1.29, 1.82) is 0 Å². The second kappa shape index (κ2) is 8.89. The molecule has 0 aliphatic carbocycles. The minimum absolute atomic E-state index is 0.0567. The minimum Gasteiger partial charge on any atom is -0.507 e. The average molecular weight is 444 g/mol. The number of nitrogens with one attached hydrogen (secondary N) is 1. The van der Waals surface area contributed by atoms with Crippen molar-refractivity contribution in [3.05, 3.63) is 70.8 Å². The first-order chi connectivity index (χ1) is 15.7. The molecule has 1 aliphatic heterocycles. The van der Waals surface area contributed by atoms with Gasteiger partial charge in [0.25, 0.3) is 5.91 Å². The summed E-state index contributed by atoms with van der Waals surface area (Å²) in [7, 11) is 0. The molecule has 1 atom stereocenters. The first-order valence-electron chi connectivity index (χ1n) is 11.7. The van der Waals surface area contributed by atoms with Gasteiger partial charge in [-0.3, -0.25) is 4.79 Å². The van der Waals surface area contributed by atoms with Crippen molar-refractivity contribution in [2.45, 2.75) is 58.9 Å². The van der Waals surface area contributed by atoms with Crippen molar-refractivity contribution < 1.29 is 9.90 Å². The average Bonchev–Trinajstić information content (AvgIpc) is 2.76. The van der Waals surface area contributed by atoms with Crippen LogP contribution >= 0.6 is 0 Å². The lowest BCUT2D eigenvalue weighted by Gasteiger charge is -2.48. The van der Waals surface area contributed by atoms with Crippen LogP contribution in [0.15, 0.2) is 53.6 Å². The number of anilines is 1. The largest absolute Gasteiger partial charge is 0.507 e. The van der Waals surface area contributed by atoms with Gasteiger partial charge >= 0.3 is 0 Å². The van der Waals surface area contributed by atoms with Gasteiger partial charge < -0.3 is 10.0 Å². The number of phenols is 1. The number of fused-ring (bicyclic) bond motifs is 2. The van der Waals surface area contributed by atoms with Crippen LogP contribution < -0.4 is 10.3 Å². The zero-order valence-corrected chi connectivity index (χ0v) is 20.1. The van der Waals surface area contributed by atoms with Gasteiger partial charge in [0.1, 0.15) is 5.75 Å². The summed E-state index contributed by atoms with van der Waals surface area (Å²) in [6, 6.07) is 15.4. The number of carbonyl (C=O) groups is 1. The molecule has 0 aromatic heterocycles.